The molecule has 1 rings (SSSR count). The van der Waals surface area contributed by atoms with Crippen LogP contribution in [0, 0.1) is 0 Å². The number of carbonyl (C=O) groups excluding carboxylic acids is 2. The maximum absolute atomic E-state index is 12.0. The van der Waals surface area contributed by atoms with Crippen LogP contribution in [0.5, 0.6) is 0 Å². The van der Waals surface area contributed by atoms with Crippen LogP contribution >= 0.6 is 23.4 Å². The van der Waals surface area contributed by atoms with Crippen molar-refractivity contribution < 1.29 is 9.59 Å². The second-order valence-electron chi connectivity index (χ2n) is 4.19. The van der Waals surface area contributed by atoms with Crippen molar-refractivity contribution in [3.63, 3.8) is 0 Å². The molecule has 0 bridgehead atoms. The third kappa shape index (κ3) is 6.16. The molecule has 0 unspecified atom stereocenters. The molecule has 0 spiro atoms. The number of thioether (sulfide) groups is 1. The first kappa shape index (κ1) is 16.7. The van der Waals surface area contributed by atoms with E-state index in [9.17, 15) is 9.59 Å². The van der Waals surface area contributed by atoms with Crippen LogP contribution < -0.4 is 16.4 Å². The van der Waals surface area contributed by atoms with Crippen molar-refractivity contribution >= 4 is 35.3 Å². The summed E-state index contributed by atoms with van der Waals surface area (Å²) in [4.78, 5) is 22.9. The smallest absolute Gasteiger partial charge is 0.312 e. The van der Waals surface area contributed by atoms with Gasteiger partial charge in [0.05, 0.1) is 0 Å². The number of nitrogens with one attached hydrogen (secondary N) is 2. The van der Waals surface area contributed by atoms with E-state index in [2.05, 4.69) is 10.6 Å². The third-order valence-electron chi connectivity index (χ3n) is 2.62. The summed E-state index contributed by atoms with van der Waals surface area (Å²) < 4.78 is 0. The Bertz CT molecular complexity index is 453. The maximum atomic E-state index is 12.0. The standard InChI is InChI=1S/C13H18ClN3O2S/c1-20-7-6-11(17-13(15)19)12(18)16-8-9-2-4-10(14)5-3-9/h2-5,11H,6-8H2,1H3,(H,16,18)(H3,15,17,19)/t11-/m1/s1. The fraction of sp³-hybridized carbons (Fsp3) is 0.385. The second kappa shape index (κ2) is 8.71. The van der Waals surface area contributed by atoms with Gasteiger partial charge in [-0.05, 0) is 36.1 Å². The average molecular weight is 316 g/mol. The van der Waals surface area contributed by atoms with E-state index in [1.165, 1.54) is 0 Å². The molecule has 0 aliphatic carbocycles. The minimum absolute atomic E-state index is 0.243. The molecule has 0 aliphatic rings. The van der Waals surface area contributed by atoms with E-state index in [0.717, 1.165) is 11.3 Å². The average Bonchev–Trinajstić information content (AvgIpc) is 2.42. The molecular weight excluding hydrogens is 298 g/mol. The molecule has 0 aromatic heterocycles. The lowest BCUT2D eigenvalue weighted by molar-refractivity contribution is -0.123. The third-order valence-corrected chi connectivity index (χ3v) is 3.52. The van der Waals surface area contributed by atoms with E-state index in [1.807, 2.05) is 18.4 Å². The molecule has 1 aromatic carbocycles. The van der Waals surface area contributed by atoms with Crippen LogP contribution in [0.4, 0.5) is 4.79 Å². The Labute approximate surface area is 127 Å². The Balaban J connectivity index is 2.51. The summed E-state index contributed by atoms with van der Waals surface area (Å²) in [6, 6.07) is 5.89. The largest absolute Gasteiger partial charge is 0.352 e. The highest BCUT2D eigenvalue weighted by Gasteiger charge is 2.18. The van der Waals surface area contributed by atoms with Crippen LogP contribution in [0.3, 0.4) is 0 Å². The van der Waals surface area contributed by atoms with Gasteiger partial charge in [-0.15, -0.1) is 0 Å². The number of urea groups is 1. The van der Waals surface area contributed by atoms with Crippen LogP contribution in [0.15, 0.2) is 24.3 Å². The molecule has 5 nitrogen and oxygen atoms in total. The quantitative estimate of drug-likeness (QED) is 0.716. The van der Waals surface area contributed by atoms with Gasteiger partial charge >= 0.3 is 6.03 Å². The molecule has 0 saturated carbocycles. The summed E-state index contributed by atoms with van der Waals surface area (Å²) in [6.07, 6.45) is 2.48. The minimum atomic E-state index is -0.697. The highest BCUT2D eigenvalue weighted by molar-refractivity contribution is 7.98. The van der Waals surface area contributed by atoms with Gasteiger partial charge in [0.15, 0.2) is 0 Å². The molecule has 0 heterocycles. The number of hydrogen-bond acceptors (Lipinski definition) is 3. The first-order valence-corrected chi connectivity index (χ1v) is 7.87. The van der Waals surface area contributed by atoms with Gasteiger partial charge in [-0.25, -0.2) is 4.79 Å². The van der Waals surface area contributed by atoms with Crippen molar-refractivity contribution in [2.45, 2.75) is 19.0 Å². The molecule has 1 aromatic rings. The lowest BCUT2D eigenvalue weighted by Gasteiger charge is -2.16. The molecule has 4 N–H and O–H groups in total. The lowest BCUT2D eigenvalue weighted by Crippen LogP contribution is -2.48. The van der Waals surface area contributed by atoms with Gasteiger partial charge in [-0.3, -0.25) is 4.79 Å². The van der Waals surface area contributed by atoms with Crippen molar-refractivity contribution in [1.29, 1.82) is 0 Å². The van der Waals surface area contributed by atoms with Gasteiger partial charge < -0.3 is 16.4 Å². The highest BCUT2D eigenvalue weighted by Crippen LogP contribution is 2.09. The van der Waals surface area contributed by atoms with E-state index >= 15 is 0 Å². The normalized spacial score (nSPS) is 11.7. The summed E-state index contributed by atoms with van der Waals surface area (Å²) in [5, 5.41) is 5.87. The van der Waals surface area contributed by atoms with Crippen molar-refractivity contribution in [3.05, 3.63) is 34.9 Å². The number of halogens is 1. The van der Waals surface area contributed by atoms with Gasteiger partial charge in [0.2, 0.25) is 5.91 Å². The summed E-state index contributed by atoms with van der Waals surface area (Å²) in [6.45, 7) is 0.381. The molecule has 7 heteroatoms. The Hall–Kier alpha value is -1.40. The molecule has 3 amide bonds. The zero-order chi connectivity index (χ0) is 15.0. The fourth-order valence-corrected chi connectivity index (χ4v) is 2.19. The van der Waals surface area contributed by atoms with Crippen LogP contribution in [-0.2, 0) is 11.3 Å². The molecule has 0 saturated heterocycles. The SMILES string of the molecule is CSCC[C@@H](NC(N)=O)C(=O)NCc1ccc(Cl)cc1. The van der Waals surface area contributed by atoms with Gasteiger partial charge in [0.25, 0.3) is 0 Å². The van der Waals surface area contributed by atoms with Crippen LogP contribution in [0.25, 0.3) is 0 Å². The fourth-order valence-electron chi connectivity index (χ4n) is 1.59. The number of nitrogens with two attached hydrogens (primary N) is 1. The van der Waals surface area contributed by atoms with Crippen LogP contribution in [0.1, 0.15) is 12.0 Å². The second-order valence-corrected chi connectivity index (χ2v) is 5.61. The van der Waals surface area contributed by atoms with Crippen molar-refractivity contribution in [1.82, 2.24) is 10.6 Å². The van der Waals surface area contributed by atoms with E-state index in [4.69, 9.17) is 17.3 Å². The van der Waals surface area contributed by atoms with Gasteiger partial charge in [0, 0.05) is 11.6 Å². The molecular formula is C13H18ClN3O2S. The predicted octanol–water partition coefficient (Wildman–Crippen LogP) is 1.75. The number of hydrogen-bond donors (Lipinski definition) is 3. The van der Waals surface area contributed by atoms with E-state index < -0.39 is 12.1 Å². The topological polar surface area (TPSA) is 84.2 Å². The van der Waals surface area contributed by atoms with Crippen molar-refractivity contribution in [2.24, 2.45) is 5.73 Å². The lowest BCUT2D eigenvalue weighted by atomic mass is 10.2. The molecule has 1 atom stereocenters. The van der Waals surface area contributed by atoms with E-state index in [-0.39, 0.29) is 5.91 Å². The number of rotatable bonds is 7. The maximum Gasteiger partial charge on any atom is 0.312 e. The van der Waals surface area contributed by atoms with Gasteiger partial charge in [0.1, 0.15) is 6.04 Å². The Morgan fingerprint density at radius 2 is 2.00 bits per heavy atom. The van der Waals surface area contributed by atoms with Crippen molar-refractivity contribution in [2.75, 3.05) is 12.0 Å². The van der Waals surface area contributed by atoms with Crippen molar-refractivity contribution in [3.8, 4) is 0 Å². The molecule has 0 aliphatic heterocycles. The molecule has 0 fully saturated rings. The Morgan fingerprint density at radius 1 is 1.35 bits per heavy atom. The summed E-state index contributed by atoms with van der Waals surface area (Å²) in [5.41, 5.74) is 6.01. The summed E-state index contributed by atoms with van der Waals surface area (Å²) in [5.74, 6) is 0.520. The zero-order valence-corrected chi connectivity index (χ0v) is 12.8. The highest BCUT2D eigenvalue weighted by atomic mass is 35.5. The van der Waals surface area contributed by atoms with Gasteiger partial charge in [-0.1, -0.05) is 23.7 Å². The summed E-state index contributed by atoms with van der Waals surface area (Å²) >= 11 is 7.39. The number of amides is 3. The van der Waals surface area contributed by atoms with Gasteiger partial charge in [-0.2, -0.15) is 11.8 Å². The molecule has 20 heavy (non-hydrogen) atoms. The van der Waals surface area contributed by atoms with E-state index in [1.54, 1.807) is 23.9 Å². The van der Waals surface area contributed by atoms with E-state index in [0.29, 0.717) is 18.0 Å². The first-order valence-electron chi connectivity index (χ1n) is 6.10. The number of carbonyl (C=O) groups is 2. The number of benzene rings is 1. The number of primary amides is 1. The minimum Gasteiger partial charge on any atom is -0.352 e. The Morgan fingerprint density at radius 3 is 2.55 bits per heavy atom. The van der Waals surface area contributed by atoms with Crippen LogP contribution in [0.2, 0.25) is 5.02 Å². The monoisotopic (exact) mass is 315 g/mol. The predicted molar refractivity (Wildman–Crippen MR) is 82.8 cm³/mol. The first-order chi connectivity index (χ1) is 9.52. The van der Waals surface area contributed by atoms with Crippen LogP contribution in [-0.4, -0.2) is 30.0 Å². The molecule has 0 radical (unpaired) electrons. The zero-order valence-electron chi connectivity index (χ0n) is 11.2. The Kier molecular flexibility index (Phi) is 7.25. The molecule has 110 valence electrons. The summed E-state index contributed by atoms with van der Waals surface area (Å²) in [7, 11) is 0.